The molecular formula is C5H7O3. The molecule has 3 heteroatoms. The van der Waals surface area contributed by atoms with Crippen molar-refractivity contribution in [1.29, 1.82) is 0 Å². The summed E-state index contributed by atoms with van der Waals surface area (Å²) in [6.45, 7) is 4.99. The molecule has 0 aromatic carbocycles. The van der Waals surface area contributed by atoms with Crippen molar-refractivity contribution < 1.29 is 14.3 Å². The molecule has 0 amide bonds. The SMILES string of the molecule is CC1(C)OC1O[C]=O. The molecule has 0 aliphatic carbocycles. The summed E-state index contributed by atoms with van der Waals surface area (Å²) in [5.41, 5.74) is -0.266. The predicted molar refractivity (Wildman–Crippen MR) is 25.7 cm³/mol. The molecular weight excluding hydrogens is 108 g/mol. The minimum atomic E-state index is -0.361. The molecule has 0 spiro atoms. The van der Waals surface area contributed by atoms with Crippen LogP contribution in [-0.4, -0.2) is 18.4 Å². The first-order valence-corrected chi connectivity index (χ1v) is 2.37. The molecule has 0 N–H and O–H groups in total. The number of ether oxygens (including phenoxy) is 2. The summed E-state index contributed by atoms with van der Waals surface area (Å²) >= 11 is 0. The second kappa shape index (κ2) is 1.45. The molecule has 1 unspecified atom stereocenters. The van der Waals surface area contributed by atoms with Crippen molar-refractivity contribution in [3.05, 3.63) is 0 Å². The summed E-state index contributed by atoms with van der Waals surface area (Å²) in [6.07, 6.45) is -0.361. The van der Waals surface area contributed by atoms with E-state index in [0.717, 1.165) is 0 Å². The number of hydrogen-bond acceptors (Lipinski definition) is 3. The van der Waals surface area contributed by atoms with E-state index in [-0.39, 0.29) is 11.9 Å². The van der Waals surface area contributed by atoms with Gasteiger partial charge in [-0.1, -0.05) is 0 Å². The van der Waals surface area contributed by atoms with Gasteiger partial charge in [0.25, 0.3) is 0 Å². The molecule has 1 fully saturated rings. The van der Waals surface area contributed by atoms with E-state index in [1.54, 1.807) is 0 Å². The maximum absolute atomic E-state index is 9.52. The average molecular weight is 115 g/mol. The Morgan fingerprint density at radius 2 is 2.25 bits per heavy atom. The highest BCUT2D eigenvalue weighted by molar-refractivity contribution is 5.39. The minimum absolute atomic E-state index is 0.266. The molecule has 45 valence electrons. The fourth-order valence-electron chi connectivity index (χ4n) is 0.452. The third-order valence-corrected chi connectivity index (χ3v) is 1.08. The van der Waals surface area contributed by atoms with Gasteiger partial charge in [-0.15, -0.1) is 0 Å². The monoisotopic (exact) mass is 115 g/mol. The van der Waals surface area contributed by atoms with Crippen molar-refractivity contribution in [3.63, 3.8) is 0 Å². The van der Waals surface area contributed by atoms with Crippen molar-refractivity contribution >= 4 is 6.47 Å². The first kappa shape index (κ1) is 5.56. The topological polar surface area (TPSA) is 38.8 Å². The largest absolute Gasteiger partial charge is 0.424 e. The van der Waals surface area contributed by atoms with Crippen LogP contribution in [0.2, 0.25) is 0 Å². The highest BCUT2D eigenvalue weighted by Crippen LogP contribution is 2.35. The van der Waals surface area contributed by atoms with E-state index in [9.17, 15) is 4.79 Å². The summed E-state index contributed by atoms with van der Waals surface area (Å²) in [5, 5.41) is 0. The van der Waals surface area contributed by atoms with Gasteiger partial charge < -0.3 is 9.47 Å². The van der Waals surface area contributed by atoms with E-state index in [0.29, 0.717) is 0 Å². The Balaban J connectivity index is 2.26. The molecule has 0 aromatic heterocycles. The maximum Gasteiger partial charge on any atom is 0.419 e. The molecule has 0 saturated carbocycles. The Morgan fingerprint density at radius 3 is 2.38 bits per heavy atom. The van der Waals surface area contributed by atoms with Gasteiger partial charge in [0.2, 0.25) is 6.29 Å². The third-order valence-electron chi connectivity index (χ3n) is 1.08. The Hall–Kier alpha value is -0.570. The zero-order chi connectivity index (χ0) is 6.20. The lowest BCUT2D eigenvalue weighted by atomic mass is 10.2. The van der Waals surface area contributed by atoms with Crippen LogP contribution in [0.3, 0.4) is 0 Å². The van der Waals surface area contributed by atoms with E-state index < -0.39 is 0 Å². The third kappa shape index (κ3) is 0.816. The van der Waals surface area contributed by atoms with Crippen LogP contribution in [0.25, 0.3) is 0 Å². The second-order valence-corrected chi connectivity index (χ2v) is 2.25. The summed E-state index contributed by atoms with van der Waals surface area (Å²) in [4.78, 5) is 9.52. The number of rotatable bonds is 2. The first-order valence-electron chi connectivity index (χ1n) is 2.37. The fraction of sp³-hybridized carbons (Fsp3) is 0.800. The zero-order valence-electron chi connectivity index (χ0n) is 4.80. The smallest absolute Gasteiger partial charge is 0.419 e. The van der Waals surface area contributed by atoms with Gasteiger partial charge in [-0.25, -0.2) is 4.79 Å². The summed E-state index contributed by atoms with van der Waals surface area (Å²) < 4.78 is 9.20. The van der Waals surface area contributed by atoms with Crippen LogP contribution >= 0.6 is 0 Å². The maximum atomic E-state index is 9.52. The quantitative estimate of drug-likeness (QED) is 0.483. The zero-order valence-corrected chi connectivity index (χ0v) is 4.80. The summed E-state index contributed by atoms with van der Waals surface area (Å²) in [6, 6.07) is 0. The Morgan fingerprint density at radius 1 is 1.75 bits per heavy atom. The van der Waals surface area contributed by atoms with Crippen LogP contribution in [-0.2, 0) is 14.3 Å². The molecule has 3 nitrogen and oxygen atoms in total. The first-order chi connectivity index (χ1) is 3.67. The fourth-order valence-corrected chi connectivity index (χ4v) is 0.452. The van der Waals surface area contributed by atoms with Crippen LogP contribution in [0, 0.1) is 0 Å². The van der Waals surface area contributed by atoms with Gasteiger partial charge in [-0.2, -0.15) is 0 Å². The molecule has 1 aliphatic rings. The molecule has 0 aromatic rings. The van der Waals surface area contributed by atoms with Crippen LogP contribution in [0.5, 0.6) is 0 Å². The van der Waals surface area contributed by atoms with Crippen molar-refractivity contribution in [2.24, 2.45) is 0 Å². The lowest BCUT2D eigenvalue weighted by Crippen LogP contribution is -2.05. The lowest BCUT2D eigenvalue weighted by molar-refractivity contribution is 0.158. The second-order valence-electron chi connectivity index (χ2n) is 2.25. The van der Waals surface area contributed by atoms with Gasteiger partial charge >= 0.3 is 6.47 Å². The van der Waals surface area contributed by atoms with Gasteiger partial charge in [-0.3, -0.25) is 0 Å². The van der Waals surface area contributed by atoms with Gasteiger partial charge in [0, 0.05) is 0 Å². The van der Waals surface area contributed by atoms with E-state index in [2.05, 4.69) is 4.74 Å². The van der Waals surface area contributed by atoms with Crippen LogP contribution < -0.4 is 0 Å². The molecule has 1 atom stereocenters. The van der Waals surface area contributed by atoms with E-state index in [1.165, 1.54) is 6.47 Å². The molecule has 1 radical (unpaired) electrons. The molecule has 1 saturated heterocycles. The Labute approximate surface area is 47.6 Å². The van der Waals surface area contributed by atoms with Crippen molar-refractivity contribution in [3.8, 4) is 0 Å². The highest BCUT2D eigenvalue weighted by atomic mass is 16.8. The normalized spacial score (nSPS) is 31.5. The van der Waals surface area contributed by atoms with Crippen LogP contribution in [0.15, 0.2) is 0 Å². The number of carbonyl (C=O) groups excluding carboxylic acids is 1. The molecule has 1 aliphatic heterocycles. The average Bonchev–Trinajstić information content (AvgIpc) is 2.15. The molecule has 8 heavy (non-hydrogen) atoms. The van der Waals surface area contributed by atoms with Crippen LogP contribution in [0.1, 0.15) is 13.8 Å². The van der Waals surface area contributed by atoms with Gasteiger partial charge in [0.1, 0.15) is 5.60 Å². The van der Waals surface area contributed by atoms with E-state index in [1.807, 2.05) is 13.8 Å². The predicted octanol–water partition coefficient (Wildman–Crippen LogP) is 0.205. The number of hydrogen-bond donors (Lipinski definition) is 0. The van der Waals surface area contributed by atoms with Crippen molar-refractivity contribution in [1.82, 2.24) is 0 Å². The summed E-state index contributed by atoms with van der Waals surface area (Å²) in [5.74, 6) is 0. The Kier molecular flexibility index (Phi) is 1.01. The summed E-state index contributed by atoms with van der Waals surface area (Å²) in [7, 11) is 0. The van der Waals surface area contributed by atoms with Gasteiger partial charge in [-0.05, 0) is 13.8 Å². The van der Waals surface area contributed by atoms with Gasteiger partial charge in [0.15, 0.2) is 0 Å². The number of epoxide rings is 1. The van der Waals surface area contributed by atoms with Gasteiger partial charge in [0.05, 0.1) is 0 Å². The Bertz CT molecular complexity index is 108. The standard InChI is InChI=1S/C5H7O3/c1-5(2)4(8-5)7-3-6/h4H,1-2H3. The lowest BCUT2D eigenvalue weighted by Gasteiger charge is -1.88. The highest BCUT2D eigenvalue weighted by Gasteiger charge is 2.50. The van der Waals surface area contributed by atoms with E-state index >= 15 is 0 Å². The van der Waals surface area contributed by atoms with Crippen LogP contribution in [0.4, 0.5) is 0 Å². The minimum Gasteiger partial charge on any atom is -0.424 e. The molecule has 1 heterocycles. The molecule has 0 bridgehead atoms. The van der Waals surface area contributed by atoms with E-state index in [4.69, 9.17) is 4.74 Å². The molecule has 1 rings (SSSR count). The van der Waals surface area contributed by atoms with Crippen molar-refractivity contribution in [2.75, 3.05) is 0 Å². The van der Waals surface area contributed by atoms with Crippen molar-refractivity contribution in [2.45, 2.75) is 25.7 Å².